The minimum Gasteiger partial charge on any atom is -0.497 e. The second kappa shape index (κ2) is 6.32. The number of methoxy groups -OCH3 is 1. The number of rotatable bonds is 5. The Morgan fingerprint density at radius 2 is 2.22 bits per heavy atom. The fourth-order valence-electron chi connectivity index (χ4n) is 3.22. The molecule has 0 unspecified atom stereocenters. The van der Waals surface area contributed by atoms with Crippen LogP contribution in [-0.4, -0.2) is 35.1 Å². The predicted octanol–water partition coefficient (Wildman–Crippen LogP) is 2.09. The molecular formula is C17H20N2O4. The molecule has 23 heavy (non-hydrogen) atoms. The summed E-state index contributed by atoms with van der Waals surface area (Å²) in [6, 6.07) is 5.66. The number of H-pyrrole nitrogens is 1. The zero-order valence-electron chi connectivity index (χ0n) is 13.0. The summed E-state index contributed by atoms with van der Waals surface area (Å²) in [5.41, 5.74) is 1.87. The van der Waals surface area contributed by atoms with E-state index in [1.54, 1.807) is 7.11 Å². The summed E-state index contributed by atoms with van der Waals surface area (Å²) in [6.45, 7) is 0. The van der Waals surface area contributed by atoms with E-state index in [2.05, 4.69) is 10.3 Å². The Kier molecular flexibility index (Phi) is 4.23. The van der Waals surface area contributed by atoms with Crippen LogP contribution in [0.4, 0.5) is 0 Å². The summed E-state index contributed by atoms with van der Waals surface area (Å²) in [4.78, 5) is 26.4. The van der Waals surface area contributed by atoms with Crippen molar-refractivity contribution >= 4 is 22.8 Å². The quantitative estimate of drug-likeness (QED) is 0.787. The molecule has 6 nitrogen and oxygen atoms in total. The number of amides is 1. The first-order chi connectivity index (χ1) is 11.1. The van der Waals surface area contributed by atoms with Crippen molar-refractivity contribution in [3.05, 3.63) is 30.0 Å². The monoisotopic (exact) mass is 316 g/mol. The molecule has 1 aliphatic rings. The van der Waals surface area contributed by atoms with Crippen LogP contribution in [0.1, 0.15) is 24.8 Å². The van der Waals surface area contributed by atoms with E-state index in [4.69, 9.17) is 9.84 Å². The second-order valence-corrected chi connectivity index (χ2v) is 6.01. The lowest BCUT2D eigenvalue weighted by atomic mass is 10.1. The number of carboxylic acids is 1. The fourth-order valence-corrected chi connectivity index (χ4v) is 3.22. The Morgan fingerprint density at radius 3 is 2.91 bits per heavy atom. The van der Waals surface area contributed by atoms with Gasteiger partial charge < -0.3 is 20.1 Å². The van der Waals surface area contributed by atoms with Crippen molar-refractivity contribution in [3.63, 3.8) is 0 Å². The van der Waals surface area contributed by atoms with Crippen molar-refractivity contribution in [2.75, 3.05) is 7.11 Å². The molecule has 1 heterocycles. The van der Waals surface area contributed by atoms with E-state index in [0.717, 1.165) is 28.6 Å². The number of hydrogen-bond donors (Lipinski definition) is 3. The maximum Gasteiger partial charge on any atom is 0.306 e. The van der Waals surface area contributed by atoms with Gasteiger partial charge in [0.15, 0.2) is 0 Å². The highest BCUT2D eigenvalue weighted by molar-refractivity contribution is 5.89. The summed E-state index contributed by atoms with van der Waals surface area (Å²) in [5.74, 6) is -0.438. The third-order valence-electron chi connectivity index (χ3n) is 4.47. The fraction of sp³-hybridized carbons (Fsp3) is 0.412. The van der Waals surface area contributed by atoms with E-state index in [1.807, 2.05) is 24.4 Å². The molecule has 3 rings (SSSR count). The van der Waals surface area contributed by atoms with Crippen LogP contribution in [0, 0.1) is 5.92 Å². The van der Waals surface area contributed by atoms with Gasteiger partial charge in [0.05, 0.1) is 19.4 Å². The van der Waals surface area contributed by atoms with Crippen LogP contribution in [0.15, 0.2) is 24.4 Å². The van der Waals surface area contributed by atoms with Gasteiger partial charge in [-0.25, -0.2) is 0 Å². The number of benzene rings is 1. The van der Waals surface area contributed by atoms with E-state index in [1.165, 1.54) is 0 Å². The lowest BCUT2D eigenvalue weighted by Gasteiger charge is -2.12. The van der Waals surface area contributed by atoms with Crippen molar-refractivity contribution in [2.24, 2.45) is 5.92 Å². The van der Waals surface area contributed by atoms with Crippen LogP contribution in [-0.2, 0) is 16.0 Å². The number of carbonyl (C=O) groups excluding carboxylic acids is 1. The summed E-state index contributed by atoms with van der Waals surface area (Å²) >= 11 is 0. The number of carboxylic acid groups (broad SMARTS) is 1. The molecule has 1 amide bonds. The van der Waals surface area contributed by atoms with Gasteiger partial charge in [-0.1, -0.05) is 0 Å². The molecule has 1 aliphatic carbocycles. The maximum absolute atomic E-state index is 12.2. The first kappa shape index (κ1) is 15.4. The van der Waals surface area contributed by atoms with Crippen molar-refractivity contribution in [1.29, 1.82) is 0 Å². The molecule has 0 spiro atoms. The number of aromatic nitrogens is 1. The summed E-state index contributed by atoms with van der Waals surface area (Å²) in [7, 11) is 1.61. The van der Waals surface area contributed by atoms with Gasteiger partial charge in [0, 0.05) is 23.1 Å². The van der Waals surface area contributed by atoms with Crippen LogP contribution >= 0.6 is 0 Å². The SMILES string of the molecule is COc1ccc2[nH]cc(CC(=O)N[C@@H]3CC[C@@H](C(=O)O)C3)c2c1. The molecule has 2 atom stereocenters. The van der Waals surface area contributed by atoms with Gasteiger partial charge in [0.1, 0.15) is 5.75 Å². The van der Waals surface area contributed by atoms with Crippen LogP contribution in [0.3, 0.4) is 0 Å². The standard InChI is InChI=1S/C17H20N2O4/c1-23-13-4-5-15-14(8-13)11(9-18-15)7-16(20)19-12-3-2-10(6-12)17(21)22/h4-5,8-10,12,18H,2-3,6-7H2,1H3,(H,19,20)(H,21,22)/t10-,12-/m1/s1. The third-order valence-corrected chi connectivity index (χ3v) is 4.47. The molecule has 1 aromatic heterocycles. The number of ether oxygens (including phenoxy) is 1. The van der Waals surface area contributed by atoms with Gasteiger partial charge in [-0.3, -0.25) is 9.59 Å². The zero-order chi connectivity index (χ0) is 16.4. The first-order valence-electron chi connectivity index (χ1n) is 7.73. The van der Waals surface area contributed by atoms with Crippen molar-refractivity contribution < 1.29 is 19.4 Å². The summed E-state index contributed by atoms with van der Waals surface area (Å²) < 4.78 is 5.22. The van der Waals surface area contributed by atoms with Crippen molar-refractivity contribution in [2.45, 2.75) is 31.7 Å². The Bertz CT molecular complexity index is 737. The molecule has 1 aromatic carbocycles. The third kappa shape index (κ3) is 3.31. The number of fused-ring (bicyclic) bond motifs is 1. The zero-order valence-corrected chi connectivity index (χ0v) is 13.0. The van der Waals surface area contributed by atoms with Crippen molar-refractivity contribution in [3.8, 4) is 5.75 Å². The van der Waals surface area contributed by atoms with Gasteiger partial charge in [0.25, 0.3) is 0 Å². The van der Waals surface area contributed by atoms with Crippen LogP contribution in [0.2, 0.25) is 0 Å². The van der Waals surface area contributed by atoms with Gasteiger partial charge in [-0.15, -0.1) is 0 Å². The number of hydrogen-bond acceptors (Lipinski definition) is 3. The number of carbonyl (C=O) groups is 2. The van der Waals surface area contributed by atoms with Gasteiger partial charge in [0.2, 0.25) is 5.91 Å². The normalized spacial score (nSPS) is 20.6. The molecular weight excluding hydrogens is 296 g/mol. The predicted molar refractivity (Wildman–Crippen MR) is 85.5 cm³/mol. The second-order valence-electron chi connectivity index (χ2n) is 6.01. The van der Waals surface area contributed by atoms with Gasteiger partial charge in [-0.2, -0.15) is 0 Å². The van der Waals surface area contributed by atoms with Crippen LogP contribution in [0.5, 0.6) is 5.75 Å². The van der Waals surface area contributed by atoms with E-state index in [9.17, 15) is 9.59 Å². The molecule has 0 bridgehead atoms. The molecule has 1 saturated carbocycles. The molecule has 3 N–H and O–H groups in total. The lowest BCUT2D eigenvalue weighted by Crippen LogP contribution is -2.34. The Morgan fingerprint density at radius 1 is 1.39 bits per heavy atom. The van der Waals surface area contributed by atoms with Gasteiger partial charge >= 0.3 is 5.97 Å². The molecule has 0 radical (unpaired) electrons. The Hall–Kier alpha value is -2.50. The minimum atomic E-state index is -0.773. The Labute approximate surface area is 133 Å². The smallest absolute Gasteiger partial charge is 0.306 e. The average molecular weight is 316 g/mol. The van der Waals surface area contributed by atoms with Crippen molar-refractivity contribution in [1.82, 2.24) is 10.3 Å². The highest BCUT2D eigenvalue weighted by Crippen LogP contribution is 2.26. The molecule has 0 saturated heterocycles. The molecule has 2 aromatic rings. The van der Waals surface area contributed by atoms with E-state index >= 15 is 0 Å². The van der Waals surface area contributed by atoms with E-state index in [-0.39, 0.29) is 24.3 Å². The maximum atomic E-state index is 12.2. The number of nitrogens with one attached hydrogen (secondary N) is 2. The number of aliphatic carboxylic acids is 1. The lowest BCUT2D eigenvalue weighted by molar-refractivity contribution is -0.141. The molecule has 1 fully saturated rings. The molecule has 0 aliphatic heterocycles. The highest BCUT2D eigenvalue weighted by Gasteiger charge is 2.30. The summed E-state index contributed by atoms with van der Waals surface area (Å²) in [6.07, 6.45) is 3.97. The topological polar surface area (TPSA) is 91.4 Å². The first-order valence-corrected chi connectivity index (χ1v) is 7.73. The number of aromatic amines is 1. The van der Waals surface area contributed by atoms with E-state index < -0.39 is 5.97 Å². The van der Waals surface area contributed by atoms with Crippen LogP contribution < -0.4 is 10.1 Å². The highest BCUT2D eigenvalue weighted by atomic mass is 16.5. The molecule has 122 valence electrons. The largest absolute Gasteiger partial charge is 0.497 e. The van der Waals surface area contributed by atoms with Gasteiger partial charge in [-0.05, 0) is 43.0 Å². The van der Waals surface area contributed by atoms with E-state index in [0.29, 0.717) is 12.8 Å². The molecule has 6 heteroatoms. The Balaban J connectivity index is 1.65. The summed E-state index contributed by atoms with van der Waals surface area (Å²) in [5, 5.41) is 12.9. The minimum absolute atomic E-state index is 0.0386. The average Bonchev–Trinajstić information content (AvgIpc) is 3.14. The van der Waals surface area contributed by atoms with Crippen LogP contribution in [0.25, 0.3) is 10.9 Å².